The lowest BCUT2D eigenvalue weighted by molar-refractivity contribution is 0.296. The molecule has 1 rings (SSSR count). The minimum absolute atomic E-state index is 0. The molecule has 0 aliphatic heterocycles. The fourth-order valence-electron chi connectivity index (χ4n) is 2.28. The summed E-state index contributed by atoms with van der Waals surface area (Å²) in [6.45, 7) is 15.7. The number of hydrogen-bond donors (Lipinski definition) is 2. The molecule has 0 aliphatic carbocycles. The van der Waals surface area contributed by atoms with Crippen molar-refractivity contribution in [3.05, 3.63) is 35.4 Å². The van der Waals surface area contributed by atoms with E-state index in [0.29, 0.717) is 12.6 Å². The minimum Gasteiger partial charge on any atom is -0.357 e. The third kappa shape index (κ3) is 8.87. The summed E-state index contributed by atoms with van der Waals surface area (Å²) >= 11 is 0. The molecular formula is C19H35IN4. The van der Waals surface area contributed by atoms with E-state index in [4.69, 9.17) is 0 Å². The molecule has 0 heterocycles. The van der Waals surface area contributed by atoms with Crippen LogP contribution in [0.15, 0.2) is 29.3 Å². The molecule has 0 radical (unpaired) electrons. The molecule has 1 unspecified atom stereocenters. The van der Waals surface area contributed by atoms with Gasteiger partial charge in [0, 0.05) is 19.1 Å². The van der Waals surface area contributed by atoms with Crippen LogP contribution in [0.5, 0.6) is 0 Å². The fraction of sp³-hybridized carbons (Fsp3) is 0.632. The van der Waals surface area contributed by atoms with Crippen LogP contribution in [0, 0.1) is 0 Å². The lowest BCUT2D eigenvalue weighted by Gasteiger charge is -2.18. The van der Waals surface area contributed by atoms with Crippen molar-refractivity contribution in [1.29, 1.82) is 0 Å². The Balaban J connectivity index is 0.00000529. The normalized spacial score (nSPS) is 12.7. The average Bonchev–Trinajstić information content (AvgIpc) is 2.58. The molecule has 0 aliphatic rings. The molecule has 0 amide bonds. The van der Waals surface area contributed by atoms with E-state index < -0.39 is 0 Å². The van der Waals surface area contributed by atoms with Gasteiger partial charge in [0.1, 0.15) is 0 Å². The minimum atomic E-state index is 0. The topological polar surface area (TPSA) is 39.7 Å². The second kappa shape index (κ2) is 13.5. The van der Waals surface area contributed by atoms with E-state index >= 15 is 0 Å². The standard InChI is InChI=1S/C19H34N4.HI/c1-6-16(5)22-19(20-7-2)21-14-17-10-12-18(13-11-17)15-23(8-3)9-4;/h10-13,16H,6-9,14-15H2,1-5H3,(H2,20,21,22);1H. The first-order valence-corrected chi connectivity index (χ1v) is 8.97. The number of nitrogens with one attached hydrogen (secondary N) is 2. The van der Waals surface area contributed by atoms with Gasteiger partial charge in [-0.25, -0.2) is 4.99 Å². The summed E-state index contributed by atoms with van der Waals surface area (Å²) in [7, 11) is 0. The summed E-state index contributed by atoms with van der Waals surface area (Å²) in [6.07, 6.45) is 1.09. The van der Waals surface area contributed by atoms with Crippen LogP contribution in [-0.2, 0) is 13.1 Å². The maximum atomic E-state index is 4.68. The second-order valence-electron chi connectivity index (χ2n) is 5.93. The van der Waals surface area contributed by atoms with E-state index in [0.717, 1.165) is 38.6 Å². The fourth-order valence-corrected chi connectivity index (χ4v) is 2.28. The molecule has 0 saturated heterocycles. The molecule has 0 saturated carbocycles. The van der Waals surface area contributed by atoms with Gasteiger partial charge in [-0.3, -0.25) is 4.90 Å². The number of aliphatic imine (C=N–C) groups is 1. The van der Waals surface area contributed by atoms with Crippen LogP contribution in [0.1, 0.15) is 52.2 Å². The molecular weight excluding hydrogens is 411 g/mol. The Bertz CT molecular complexity index is 455. The van der Waals surface area contributed by atoms with Gasteiger partial charge in [0.2, 0.25) is 0 Å². The lowest BCUT2D eigenvalue weighted by atomic mass is 10.1. The SMILES string of the molecule is CCNC(=NCc1ccc(CN(CC)CC)cc1)NC(C)CC.I. The molecule has 5 heteroatoms. The van der Waals surface area contributed by atoms with E-state index in [9.17, 15) is 0 Å². The molecule has 0 spiro atoms. The summed E-state index contributed by atoms with van der Waals surface area (Å²) in [4.78, 5) is 7.10. The van der Waals surface area contributed by atoms with Crippen molar-refractivity contribution in [3.8, 4) is 0 Å². The summed E-state index contributed by atoms with van der Waals surface area (Å²) in [6, 6.07) is 9.25. The summed E-state index contributed by atoms with van der Waals surface area (Å²) in [5, 5.41) is 6.73. The molecule has 24 heavy (non-hydrogen) atoms. The Hall–Kier alpha value is -0.820. The molecule has 0 fully saturated rings. The van der Waals surface area contributed by atoms with Crippen molar-refractivity contribution >= 4 is 29.9 Å². The summed E-state index contributed by atoms with van der Waals surface area (Å²) in [5.41, 5.74) is 2.61. The third-order valence-electron chi connectivity index (χ3n) is 4.08. The number of halogens is 1. The number of guanidine groups is 1. The van der Waals surface area contributed by atoms with E-state index in [-0.39, 0.29) is 24.0 Å². The van der Waals surface area contributed by atoms with Crippen LogP contribution in [0.25, 0.3) is 0 Å². The van der Waals surface area contributed by atoms with E-state index in [1.54, 1.807) is 0 Å². The van der Waals surface area contributed by atoms with Crippen LogP contribution in [0.2, 0.25) is 0 Å². The zero-order valence-electron chi connectivity index (χ0n) is 15.9. The zero-order chi connectivity index (χ0) is 17.1. The monoisotopic (exact) mass is 446 g/mol. The molecule has 0 aromatic heterocycles. The van der Waals surface area contributed by atoms with Gasteiger partial charge in [-0.15, -0.1) is 24.0 Å². The Kier molecular flexibility index (Phi) is 13.0. The Morgan fingerprint density at radius 3 is 2.12 bits per heavy atom. The van der Waals surface area contributed by atoms with Crippen LogP contribution < -0.4 is 10.6 Å². The van der Waals surface area contributed by atoms with Crippen molar-refractivity contribution in [3.63, 3.8) is 0 Å². The number of rotatable bonds is 9. The van der Waals surface area contributed by atoms with Crippen LogP contribution in [0.4, 0.5) is 0 Å². The van der Waals surface area contributed by atoms with Crippen LogP contribution in [0.3, 0.4) is 0 Å². The first-order valence-electron chi connectivity index (χ1n) is 8.97. The molecule has 1 aromatic rings. The van der Waals surface area contributed by atoms with Crippen molar-refractivity contribution < 1.29 is 0 Å². The maximum Gasteiger partial charge on any atom is 0.191 e. The van der Waals surface area contributed by atoms with Crippen molar-refractivity contribution in [2.24, 2.45) is 4.99 Å². The van der Waals surface area contributed by atoms with Crippen molar-refractivity contribution in [2.75, 3.05) is 19.6 Å². The van der Waals surface area contributed by atoms with Crippen LogP contribution in [-0.4, -0.2) is 36.5 Å². The van der Waals surface area contributed by atoms with Crippen molar-refractivity contribution in [1.82, 2.24) is 15.5 Å². The highest BCUT2D eigenvalue weighted by atomic mass is 127. The van der Waals surface area contributed by atoms with Gasteiger partial charge in [0.05, 0.1) is 6.54 Å². The molecule has 138 valence electrons. The highest BCUT2D eigenvalue weighted by Gasteiger charge is 2.03. The summed E-state index contributed by atoms with van der Waals surface area (Å²) in [5.74, 6) is 0.897. The van der Waals surface area contributed by atoms with Gasteiger partial charge >= 0.3 is 0 Å². The van der Waals surface area contributed by atoms with Gasteiger partial charge in [0.15, 0.2) is 5.96 Å². The predicted molar refractivity (Wildman–Crippen MR) is 116 cm³/mol. The van der Waals surface area contributed by atoms with E-state index in [1.165, 1.54) is 11.1 Å². The Morgan fingerprint density at radius 1 is 1.04 bits per heavy atom. The van der Waals surface area contributed by atoms with Crippen molar-refractivity contribution in [2.45, 2.75) is 60.2 Å². The predicted octanol–water partition coefficient (Wildman–Crippen LogP) is 4.00. The molecule has 2 N–H and O–H groups in total. The maximum absolute atomic E-state index is 4.68. The summed E-state index contributed by atoms with van der Waals surface area (Å²) < 4.78 is 0. The first kappa shape index (κ1) is 23.2. The first-order chi connectivity index (χ1) is 11.1. The van der Waals surface area contributed by atoms with Gasteiger partial charge < -0.3 is 10.6 Å². The second-order valence-corrected chi connectivity index (χ2v) is 5.93. The third-order valence-corrected chi connectivity index (χ3v) is 4.08. The molecule has 1 aromatic carbocycles. The van der Waals surface area contributed by atoms with E-state index in [1.807, 2.05) is 0 Å². The quantitative estimate of drug-likeness (QED) is 0.342. The number of benzene rings is 1. The van der Waals surface area contributed by atoms with Crippen LogP contribution >= 0.6 is 24.0 Å². The lowest BCUT2D eigenvalue weighted by Crippen LogP contribution is -2.41. The average molecular weight is 446 g/mol. The molecule has 0 bridgehead atoms. The molecule has 1 atom stereocenters. The van der Waals surface area contributed by atoms with Gasteiger partial charge in [0.25, 0.3) is 0 Å². The number of hydrogen-bond acceptors (Lipinski definition) is 2. The van der Waals surface area contributed by atoms with Gasteiger partial charge in [-0.05, 0) is 44.5 Å². The largest absolute Gasteiger partial charge is 0.357 e. The molecule has 4 nitrogen and oxygen atoms in total. The Morgan fingerprint density at radius 2 is 1.62 bits per heavy atom. The Labute approximate surface area is 165 Å². The number of nitrogens with zero attached hydrogens (tertiary/aromatic N) is 2. The smallest absolute Gasteiger partial charge is 0.191 e. The highest BCUT2D eigenvalue weighted by molar-refractivity contribution is 14.0. The van der Waals surface area contributed by atoms with Gasteiger partial charge in [-0.1, -0.05) is 45.0 Å². The van der Waals surface area contributed by atoms with E-state index in [2.05, 4.69) is 79.4 Å². The zero-order valence-corrected chi connectivity index (χ0v) is 18.3. The highest BCUT2D eigenvalue weighted by Crippen LogP contribution is 2.08. The van der Waals surface area contributed by atoms with Gasteiger partial charge in [-0.2, -0.15) is 0 Å².